The predicted molar refractivity (Wildman–Crippen MR) is 172 cm³/mol. The van der Waals surface area contributed by atoms with Crippen molar-refractivity contribution in [1.82, 2.24) is 9.80 Å². The number of fused-ring (bicyclic) bond motifs is 2. The number of benzene rings is 4. The van der Waals surface area contributed by atoms with Crippen LogP contribution in [-0.2, 0) is 12.7 Å². The van der Waals surface area contributed by atoms with E-state index in [1.807, 2.05) is 55.3 Å². The van der Waals surface area contributed by atoms with Crippen LogP contribution in [-0.4, -0.2) is 65.7 Å². The van der Waals surface area contributed by atoms with E-state index in [0.29, 0.717) is 36.6 Å². The summed E-state index contributed by atoms with van der Waals surface area (Å²) < 4.78 is 45.7. The molecular weight excluding hydrogens is 597 g/mol. The molecule has 1 heterocycles. The van der Waals surface area contributed by atoms with E-state index < -0.39 is 29.9 Å². The monoisotopic (exact) mass is 634 g/mol. The minimum Gasteiger partial charge on any atom is -0.486 e. The van der Waals surface area contributed by atoms with Crippen LogP contribution >= 0.6 is 0 Å². The quantitative estimate of drug-likeness (QED) is 0.197. The fraction of sp³-hybridized carbons (Fsp3) is 0.314. The molecule has 46 heavy (non-hydrogen) atoms. The normalized spacial score (nSPS) is 17.6. The zero-order valence-corrected chi connectivity index (χ0v) is 25.8. The summed E-state index contributed by atoms with van der Waals surface area (Å²) in [5.74, 6) is -0.341. The van der Waals surface area contributed by atoms with Crippen LogP contribution in [0.25, 0.3) is 10.8 Å². The Balaban J connectivity index is 1.41. The van der Waals surface area contributed by atoms with Crippen molar-refractivity contribution in [3.8, 4) is 5.75 Å². The van der Waals surface area contributed by atoms with Crippen molar-refractivity contribution in [2.75, 3.05) is 37.4 Å². The summed E-state index contributed by atoms with van der Waals surface area (Å²) in [5.41, 5.74) is 1.15. The molecule has 242 valence electrons. The van der Waals surface area contributed by atoms with Gasteiger partial charge >= 0.3 is 12.2 Å². The smallest absolute Gasteiger partial charge is 0.416 e. The van der Waals surface area contributed by atoms with Gasteiger partial charge in [-0.3, -0.25) is 9.69 Å². The number of halogens is 3. The van der Waals surface area contributed by atoms with Crippen molar-refractivity contribution in [3.63, 3.8) is 0 Å². The Morgan fingerprint density at radius 2 is 1.65 bits per heavy atom. The number of carbonyl (C=O) groups excluding carboxylic acids is 2. The molecular formula is C35H37F3N4O4. The molecule has 1 aliphatic heterocycles. The van der Waals surface area contributed by atoms with Gasteiger partial charge in [-0.25, -0.2) is 4.79 Å². The number of urea groups is 1. The molecule has 0 aromatic heterocycles. The first kappa shape index (κ1) is 32.8. The van der Waals surface area contributed by atoms with Gasteiger partial charge in [-0.1, -0.05) is 61.5 Å². The Hall–Kier alpha value is -4.61. The Morgan fingerprint density at radius 3 is 2.37 bits per heavy atom. The summed E-state index contributed by atoms with van der Waals surface area (Å²) in [6.45, 7) is 4.50. The van der Waals surface area contributed by atoms with Gasteiger partial charge < -0.3 is 25.4 Å². The summed E-state index contributed by atoms with van der Waals surface area (Å²) in [6.07, 6.45) is -4.89. The molecule has 3 N–H and O–H groups in total. The van der Waals surface area contributed by atoms with Crippen molar-refractivity contribution in [3.05, 3.63) is 102 Å². The van der Waals surface area contributed by atoms with Gasteiger partial charge in [0.05, 0.1) is 35.2 Å². The average Bonchev–Trinajstić information content (AvgIpc) is 3.02. The van der Waals surface area contributed by atoms with Crippen LogP contribution in [0.1, 0.15) is 35.3 Å². The van der Waals surface area contributed by atoms with Crippen molar-refractivity contribution in [2.24, 2.45) is 5.92 Å². The molecule has 0 spiro atoms. The number of aliphatic hydroxyl groups excluding tert-OH is 1. The van der Waals surface area contributed by atoms with Gasteiger partial charge in [0.25, 0.3) is 5.91 Å². The molecule has 0 saturated carbocycles. The third-order valence-corrected chi connectivity index (χ3v) is 8.20. The highest BCUT2D eigenvalue weighted by Crippen LogP contribution is 2.35. The van der Waals surface area contributed by atoms with Gasteiger partial charge in [0, 0.05) is 30.9 Å². The number of likely N-dealkylation sites (N-methyl/N-ethyl adjacent to an activating group) is 1. The second kappa shape index (κ2) is 13.8. The lowest BCUT2D eigenvalue weighted by Crippen LogP contribution is -2.49. The number of ether oxygens (including phenoxy) is 1. The number of hydrogen-bond donors (Lipinski definition) is 3. The highest BCUT2D eigenvalue weighted by molar-refractivity contribution is 6.08. The minimum absolute atomic E-state index is 0.204. The topological polar surface area (TPSA) is 94.1 Å². The van der Waals surface area contributed by atoms with Crippen LogP contribution in [0.3, 0.4) is 0 Å². The lowest BCUT2D eigenvalue weighted by molar-refractivity contribution is -0.137. The molecule has 3 atom stereocenters. The van der Waals surface area contributed by atoms with Crippen LogP contribution in [0.2, 0.25) is 0 Å². The summed E-state index contributed by atoms with van der Waals surface area (Å²) in [6, 6.07) is 22.3. The molecule has 0 aliphatic carbocycles. The molecule has 0 bridgehead atoms. The molecule has 4 aromatic rings. The molecule has 0 unspecified atom stereocenters. The summed E-state index contributed by atoms with van der Waals surface area (Å²) >= 11 is 0. The first-order valence-electron chi connectivity index (χ1n) is 15.1. The van der Waals surface area contributed by atoms with Crippen molar-refractivity contribution < 1.29 is 32.6 Å². The first-order chi connectivity index (χ1) is 21.9. The number of aliphatic hydroxyl groups is 1. The van der Waals surface area contributed by atoms with E-state index in [1.54, 1.807) is 36.1 Å². The molecule has 11 heteroatoms. The molecule has 8 nitrogen and oxygen atoms in total. The third kappa shape index (κ3) is 7.43. The van der Waals surface area contributed by atoms with Crippen LogP contribution in [0, 0.1) is 5.92 Å². The second-order valence-corrected chi connectivity index (χ2v) is 11.8. The number of anilines is 2. The third-order valence-electron chi connectivity index (χ3n) is 8.20. The molecule has 0 radical (unpaired) electrons. The zero-order valence-electron chi connectivity index (χ0n) is 25.8. The molecule has 4 aromatic carbocycles. The number of hydrogen-bond acceptors (Lipinski definition) is 5. The van der Waals surface area contributed by atoms with Crippen molar-refractivity contribution >= 4 is 34.1 Å². The van der Waals surface area contributed by atoms with E-state index in [1.165, 1.54) is 12.1 Å². The van der Waals surface area contributed by atoms with Gasteiger partial charge in [-0.15, -0.1) is 0 Å². The van der Waals surface area contributed by atoms with Gasteiger partial charge in [0.2, 0.25) is 0 Å². The number of rotatable bonds is 8. The van der Waals surface area contributed by atoms with Crippen molar-refractivity contribution in [1.29, 1.82) is 0 Å². The SMILES string of the molecule is C[C@H]1CN([C@@H](C)CO)C(=O)c2cccc(NC(=O)Nc3cccc4ccccc34)c2O[C@H]1CN(C)Cc1ccc(C(F)(F)F)cc1. The van der Waals surface area contributed by atoms with E-state index in [4.69, 9.17) is 4.74 Å². The lowest BCUT2D eigenvalue weighted by atomic mass is 9.98. The minimum atomic E-state index is -4.41. The van der Waals surface area contributed by atoms with Crippen molar-refractivity contribution in [2.45, 2.75) is 38.7 Å². The van der Waals surface area contributed by atoms with E-state index in [2.05, 4.69) is 10.6 Å². The lowest BCUT2D eigenvalue weighted by Gasteiger charge is -2.38. The van der Waals surface area contributed by atoms with Crippen LogP contribution in [0.5, 0.6) is 5.75 Å². The van der Waals surface area contributed by atoms with Gasteiger partial charge in [0.1, 0.15) is 6.10 Å². The Morgan fingerprint density at radius 1 is 1.00 bits per heavy atom. The maximum absolute atomic E-state index is 13.8. The first-order valence-corrected chi connectivity index (χ1v) is 15.1. The fourth-order valence-corrected chi connectivity index (χ4v) is 5.65. The molecule has 0 saturated heterocycles. The molecule has 0 fully saturated rings. The fourth-order valence-electron chi connectivity index (χ4n) is 5.65. The van der Waals surface area contributed by atoms with Crippen LogP contribution in [0.4, 0.5) is 29.3 Å². The number of nitrogens with zero attached hydrogens (tertiary/aromatic N) is 2. The van der Waals surface area contributed by atoms with Gasteiger partial charge in [0.15, 0.2) is 5.75 Å². The average molecular weight is 635 g/mol. The number of para-hydroxylation sites is 1. The summed E-state index contributed by atoms with van der Waals surface area (Å²) in [7, 11) is 1.84. The number of alkyl halides is 3. The Labute approximate surface area is 265 Å². The molecule has 5 rings (SSSR count). The van der Waals surface area contributed by atoms with E-state index in [-0.39, 0.29) is 29.7 Å². The summed E-state index contributed by atoms with van der Waals surface area (Å²) in [4.78, 5) is 30.6. The van der Waals surface area contributed by atoms with Crippen LogP contribution in [0.15, 0.2) is 84.9 Å². The Bertz CT molecular complexity index is 1690. The largest absolute Gasteiger partial charge is 0.486 e. The standard InChI is InChI=1S/C35H37F3N4O4/c1-22-18-42(23(2)21-43)33(44)28-11-7-13-30(40-34(45)39-29-12-6-9-25-8-4-5-10-27(25)29)32(28)46-31(22)20-41(3)19-24-14-16-26(17-15-24)35(36,37)38/h4-17,22-23,31,43H,18-21H2,1-3H3,(H2,39,40,45)/t22-,23-,31-/m0/s1. The zero-order chi connectivity index (χ0) is 33.0. The maximum atomic E-state index is 13.8. The Kier molecular flexibility index (Phi) is 9.83. The predicted octanol–water partition coefficient (Wildman–Crippen LogP) is 6.85. The number of nitrogens with one attached hydrogen (secondary N) is 2. The highest BCUT2D eigenvalue weighted by atomic mass is 19.4. The number of amides is 3. The van der Waals surface area contributed by atoms with Gasteiger partial charge in [-0.2, -0.15) is 13.2 Å². The molecule has 1 aliphatic rings. The summed E-state index contributed by atoms with van der Waals surface area (Å²) in [5, 5.41) is 17.6. The molecule has 3 amide bonds. The number of carbonyl (C=O) groups is 2. The van der Waals surface area contributed by atoms with E-state index in [9.17, 15) is 27.9 Å². The maximum Gasteiger partial charge on any atom is 0.416 e. The second-order valence-electron chi connectivity index (χ2n) is 11.8. The van der Waals surface area contributed by atoms with E-state index >= 15 is 0 Å². The van der Waals surface area contributed by atoms with Crippen LogP contribution < -0.4 is 15.4 Å². The van der Waals surface area contributed by atoms with E-state index in [0.717, 1.165) is 22.9 Å². The van der Waals surface area contributed by atoms with Gasteiger partial charge in [-0.05, 0) is 55.3 Å². The highest BCUT2D eigenvalue weighted by Gasteiger charge is 2.35.